The average Bonchev–Trinajstić information content (AvgIpc) is 2.77. The summed E-state index contributed by atoms with van der Waals surface area (Å²) in [6.45, 7) is 6.83. The number of nitrogens with one attached hydrogen (secondary N) is 1. The van der Waals surface area contributed by atoms with Crippen molar-refractivity contribution in [1.82, 2.24) is 5.43 Å². The Balaban J connectivity index is 1.87. The van der Waals surface area contributed by atoms with Gasteiger partial charge in [-0.1, -0.05) is 30.3 Å². The molecule has 2 N–H and O–H groups in total. The van der Waals surface area contributed by atoms with E-state index in [9.17, 15) is 9.90 Å². The van der Waals surface area contributed by atoms with Gasteiger partial charge in [0.15, 0.2) is 11.5 Å². The van der Waals surface area contributed by atoms with Gasteiger partial charge in [0.05, 0.1) is 26.0 Å². The van der Waals surface area contributed by atoms with Crippen LogP contribution >= 0.6 is 0 Å². The number of phenolic OH excluding ortho intramolecular Hbond substituents is 1. The molecule has 1 amide bonds. The number of nitrogens with zero attached hydrogens (tertiary/aromatic N) is 1. The third kappa shape index (κ3) is 5.06. The Morgan fingerprint density at radius 3 is 2.26 bits per heavy atom. The molecule has 3 rings (SSSR count). The topological polar surface area (TPSA) is 89.4 Å². The SMILES string of the molecule is CCOc1cc(C(=O)N/N=C\c2c(O)ccc3ccccc23)cc(OCC)c1OCC. The molecule has 0 saturated heterocycles. The summed E-state index contributed by atoms with van der Waals surface area (Å²) >= 11 is 0. The molecule has 0 fully saturated rings. The van der Waals surface area contributed by atoms with Crippen molar-refractivity contribution in [3.8, 4) is 23.0 Å². The maximum atomic E-state index is 12.7. The predicted octanol–water partition coefficient (Wildman–Crippen LogP) is 4.51. The molecular formula is C24H26N2O5. The number of hydrogen-bond acceptors (Lipinski definition) is 6. The van der Waals surface area contributed by atoms with Crippen LogP contribution in [0.5, 0.6) is 23.0 Å². The highest BCUT2D eigenvalue weighted by Crippen LogP contribution is 2.39. The van der Waals surface area contributed by atoms with Gasteiger partial charge in [-0.3, -0.25) is 4.79 Å². The lowest BCUT2D eigenvalue weighted by molar-refractivity contribution is 0.0954. The van der Waals surface area contributed by atoms with Crippen LogP contribution in [0.1, 0.15) is 36.7 Å². The minimum atomic E-state index is -0.444. The largest absolute Gasteiger partial charge is 0.507 e. The standard InChI is InChI=1S/C24H26N2O5/c1-4-29-21-13-17(14-22(30-5-2)23(21)31-6-3)24(28)26-25-15-19-18-10-8-7-9-16(18)11-12-20(19)27/h7-15,27H,4-6H2,1-3H3,(H,26,28)/b25-15-. The zero-order valence-electron chi connectivity index (χ0n) is 17.8. The molecule has 0 aliphatic heterocycles. The normalized spacial score (nSPS) is 10.9. The molecular weight excluding hydrogens is 396 g/mol. The zero-order chi connectivity index (χ0) is 22.2. The molecule has 0 aliphatic carbocycles. The van der Waals surface area contributed by atoms with E-state index in [1.807, 2.05) is 51.1 Å². The van der Waals surface area contributed by atoms with Gasteiger partial charge in [0.25, 0.3) is 5.91 Å². The van der Waals surface area contributed by atoms with E-state index in [2.05, 4.69) is 10.5 Å². The van der Waals surface area contributed by atoms with Crippen molar-refractivity contribution in [1.29, 1.82) is 0 Å². The van der Waals surface area contributed by atoms with Crippen LogP contribution in [0.3, 0.4) is 0 Å². The molecule has 7 nitrogen and oxygen atoms in total. The van der Waals surface area contributed by atoms with Gasteiger partial charge in [-0.25, -0.2) is 5.43 Å². The molecule has 162 valence electrons. The quantitative estimate of drug-likeness (QED) is 0.391. The fourth-order valence-corrected chi connectivity index (χ4v) is 3.16. The van der Waals surface area contributed by atoms with Gasteiger partial charge in [-0.2, -0.15) is 5.10 Å². The molecule has 0 heterocycles. The first-order valence-corrected chi connectivity index (χ1v) is 10.2. The van der Waals surface area contributed by atoms with E-state index in [4.69, 9.17) is 14.2 Å². The summed E-state index contributed by atoms with van der Waals surface area (Å²) in [6.07, 6.45) is 1.43. The molecule has 0 atom stereocenters. The number of hydrogen-bond donors (Lipinski definition) is 2. The van der Waals surface area contributed by atoms with Gasteiger partial charge in [-0.05, 0) is 49.7 Å². The van der Waals surface area contributed by atoms with Crippen LogP contribution in [0.2, 0.25) is 0 Å². The van der Waals surface area contributed by atoms with Crippen molar-refractivity contribution in [3.63, 3.8) is 0 Å². The Morgan fingerprint density at radius 1 is 0.968 bits per heavy atom. The zero-order valence-corrected chi connectivity index (χ0v) is 17.8. The van der Waals surface area contributed by atoms with Gasteiger partial charge in [0, 0.05) is 11.1 Å². The number of carbonyl (C=O) groups excluding carboxylic acids is 1. The van der Waals surface area contributed by atoms with Crippen LogP contribution in [-0.4, -0.2) is 37.0 Å². The molecule has 7 heteroatoms. The van der Waals surface area contributed by atoms with E-state index in [0.29, 0.717) is 48.2 Å². The number of ether oxygens (including phenoxy) is 3. The summed E-state index contributed by atoms with van der Waals surface area (Å²) in [4.78, 5) is 12.7. The second-order valence-corrected chi connectivity index (χ2v) is 6.52. The molecule has 3 aromatic rings. The third-order valence-corrected chi connectivity index (χ3v) is 4.48. The van der Waals surface area contributed by atoms with Gasteiger partial charge in [-0.15, -0.1) is 0 Å². The molecule has 0 spiro atoms. The molecule has 0 saturated carbocycles. The third-order valence-electron chi connectivity index (χ3n) is 4.48. The molecule has 0 bridgehead atoms. The number of carbonyl (C=O) groups is 1. The van der Waals surface area contributed by atoms with E-state index in [1.165, 1.54) is 6.21 Å². The van der Waals surface area contributed by atoms with Crippen molar-refractivity contribution in [2.45, 2.75) is 20.8 Å². The fourth-order valence-electron chi connectivity index (χ4n) is 3.16. The highest BCUT2D eigenvalue weighted by atomic mass is 16.5. The number of aromatic hydroxyl groups is 1. The lowest BCUT2D eigenvalue weighted by Crippen LogP contribution is -2.18. The molecule has 0 radical (unpaired) electrons. The Labute approximate surface area is 181 Å². The molecule has 31 heavy (non-hydrogen) atoms. The average molecular weight is 422 g/mol. The van der Waals surface area contributed by atoms with Gasteiger partial charge in [0.2, 0.25) is 5.75 Å². The van der Waals surface area contributed by atoms with Crippen molar-refractivity contribution < 1.29 is 24.1 Å². The van der Waals surface area contributed by atoms with Crippen LogP contribution in [0.25, 0.3) is 10.8 Å². The van der Waals surface area contributed by atoms with Crippen LogP contribution in [0.4, 0.5) is 0 Å². The lowest BCUT2D eigenvalue weighted by atomic mass is 10.0. The Kier molecular flexibility index (Phi) is 7.32. The van der Waals surface area contributed by atoms with Crippen molar-refractivity contribution in [2.75, 3.05) is 19.8 Å². The number of rotatable bonds is 9. The van der Waals surface area contributed by atoms with Crippen molar-refractivity contribution in [3.05, 3.63) is 59.7 Å². The van der Waals surface area contributed by atoms with Crippen LogP contribution in [0, 0.1) is 0 Å². The minimum absolute atomic E-state index is 0.0787. The Morgan fingerprint density at radius 2 is 1.61 bits per heavy atom. The van der Waals surface area contributed by atoms with Crippen LogP contribution in [0.15, 0.2) is 53.6 Å². The monoisotopic (exact) mass is 422 g/mol. The summed E-state index contributed by atoms with van der Waals surface area (Å²) in [5, 5.41) is 16.0. The minimum Gasteiger partial charge on any atom is -0.507 e. The maximum absolute atomic E-state index is 12.7. The van der Waals surface area contributed by atoms with Gasteiger partial charge >= 0.3 is 0 Å². The van der Waals surface area contributed by atoms with E-state index in [1.54, 1.807) is 18.2 Å². The van der Waals surface area contributed by atoms with Gasteiger partial charge < -0.3 is 19.3 Å². The molecule has 0 aromatic heterocycles. The number of hydrazone groups is 1. The Hall–Kier alpha value is -3.74. The highest BCUT2D eigenvalue weighted by Gasteiger charge is 2.18. The second-order valence-electron chi connectivity index (χ2n) is 6.52. The second kappa shape index (κ2) is 10.3. The predicted molar refractivity (Wildman–Crippen MR) is 121 cm³/mol. The number of phenols is 1. The smallest absolute Gasteiger partial charge is 0.271 e. The first kappa shape index (κ1) is 22.0. The summed E-state index contributed by atoms with van der Waals surface area (Å²) < 4.78 is 17.0. The van der Waals surface area contributed by atoms with E-state index < -0.39 is 5.91 Å². The molecule has 0 unspecified atom stereocenters. The van der Waals surface area contributed by atoms with Crippen molar-refractivity contribution >= 4 is 22.9 Å². The summed E-state index contributed by atoms with van der Waals surface area (Å²) in [5.74, 6) is 0.954. The van der Waals surface area contributed by atoms with Crippen LogP contribution in [-0.2, 0) is 0 Å². The Bertz CT molecular complexity index is 1070. The summed E-state index contributed by atoms with van der Waals surface area (Å²) in [6, 6.07) is 14.2. The van der Waals surface area contributed by atoms with Gasteiger partial charge in [0.1, 0.15) is 5.75 Å². The van der Waals surface area contributed by atoms with Crippen LogP contribution < -0.4 is 19.6 Å². The summed E-state index contributed by atoms with van der Waals surface area (Å²) in [7, 11) is 0. The first-order chi connectivity index (χ1) is 15.1. The van der Waals surface area contributed by atoms with E-state index >= 15 is 0 Å². The summed E-state index contributed by atoms with van der Waals surface area (Å²) in [5.41, 5.74) is 3.33. The first-order valence-electron chi connectivity index (χ1n) is 10.2. The van der Waals surface area contributed by atoms with E-state index in [-0.39, 0.29) is 5.75 Å². The van der Waals surface area contributed by atoms with Crippen molar-refractivity contribution in [2.24, 2.45) is 5.10 Å². The number of amides is 1. The highest BCUT2D eigenvalue weighted by molar-refractivity contribution is 6.03. The molecule has 3 aromatic carbocycles. The lowest BCUT2D eigenvalue weighted by Gasteiger charge is -2.16. The fraction of sp³-hybridized carbons (Fsp3) is 0.250. The molecule has 0 aliphatic rings. The maximum Gasteiger partial charge on any atom is 0.271 e. The number of fused-ring (bicyclic) bond motifs is 1. The van der Waals surface area contributed by atoms with E-state index in [0.717, 1.165) is 10.8 Å². The number of benzene rings is 3.